The van der Waals surface area contributed by atoms with E-state index in [1.807, 2.05) is 6.07 Å². The molecule has 1 aromatic carbocycles. The maximum Gasteiger partial charge on any atom is 0.136 e. The van der Waals surface area contributed by atoms with Gasteiger partial charge < -0.3 is 0 Å². The first kappa shape index (κ1) is 11.7. The van der Waals surface area contributed by atoms with Crippen LogP contribution in [0.15, 0.2) is 30.3 Å². The monoisotopic (exact) mass is 258 g/mol. The Hall–Kier alpha value is -1.41. The van der Waals surface area contributed by atoms with Crippen LogP contribution in [0, 0.1) is 0 Å². The summed E-state index contributed by atoms with van der Waals surface area (Å²) >= 11 is 6.21. The van der Waals surface area contributed by atoms with E-state index >= 15 is 0 Å². The second kappa shape index (κ2) is 5.07. The molecule has 18 heavy (non-hydrogen) atoms. The summed E-state index contributed by atoms with van der Waals surface area (Å²) in [6, 6.07) is 10.4. The van der Waals surface area contributed by atoms with Gasteiger partial charge in [-0.05, 0) is 31.2 Å². The maximum atomic E-state index is 6.21. The highest BCUT2D eigenvalue weighted by molar-refractivity contribution is 6.30. The zero-order chi connectivity index (χ0) is 12.4. The molecule has 1 aliphatic carbocycles. The molecule has 2 nitrogen and oxygen atoms in total. The molecule has 2 aromatic rings. The Balaban J connectivity index is 1.76. The van der Waals surface area contributed by atoms with E-state index in [1.165, 1.54) is 11.1 Å². The molecule has 0 unspecified atom stereocenters. The second-order valence-corrected chi connectivity index (χ2v) is 5.05. The summed E-state index contributed by atoms with van der Waals surface area (Å²) in [5.74, 6) is 0.879. The number of hydrogen-bond donors (Lipinski definition) is 0. The number of hydrogen-bond acceptors (Lipinski definition) is 2. The summed E-state index contributed by atoms with van der Waals surface area (Å²) in [7, 11) is 0. The van der Waals surface area contributed by atoms with Crippen molar-refractivity contribution in [3.8, 4) is 0 Å². The van der Waals surface area contributed by atoms with Gasteiger partial charge in [-0.25, -0.2) is 9.97 Å². The smallest absolute Gasteiger partial charge is 0.136 e. The zero-order valence-electron chi connectivity index (χ0n) is 10.2. The van der Waals surface area contributed by atoms with Gasteiger partial charge in [-0.1, -0.05) is 41.9 Å². The Bertz CT molecular complexity index is 552. The van der Waals surface area contributed by atoms with Crippen LogP contribution >= 0.6 is 11.6 Å². The summed E-state index contributed by atoms with van der Waals surface area (Å²) in [4.78, 5) is 9.05. The lowest BCUT2D eigenvalue weighted by Crippen LogP contribution is -2.03. The van der Waals surface area contributed by atoms with E-state index < -0.39 is 0 Å². The molecule has 0 fully saturated rings. The Morgan fingerprint density at radius 3 is 2.67 bits per heavy atom. The number of rotatable bonds is 3. The summed E-state index contributed by atoms with van der Waals surface area (Å²) in [6.45, 7) is 0. The molecule has 0 amide bonds. The third-order valence-corrected chi connectivity index (χ3v) is 3.72. The fourth-order valence-corrected chi connectivity index (χ4v) is 2.75. The molecule has 0 saturated carbocycles. The van der Waals surface area contributed by atoms with Crippen LogP contribution in [0.4, 0.5) is 0 Å². The van der Waals surface area contributed by atoms with Gasteiger partial charge in [0.05, 0.1) is 0 Å². The molecule has 0 bridgehead atoms. The number of aromatic nitrogens is 2. The molecule has 1 aliphatic rings. The highest BCUT2D eigenvalue weighted by Crippen LogP contribution is 2.26. The first-order chi connectivity index (χ1) is 8.83. The minimum absolute atomic E-state index is 0.667. The van der Waals surface area contributed by atoms with Crippen LogP contribution in [0.1, 0.15) is 29.1 Å². The summed E-state index contributed by atoms with van der Waals surface area (Å²) in [6.07, 6.45) is 5.07. The van der Waals surface area contributed by atoms with E-state index in [0.29, 0.717) is 5.15 Å². The van der Waals surface area contributed by atoms with E-state index in [9.17, 15) is 0 Å². The Labute approximate surface area is 112 Å². The summed E-state index contributed by atoms with van der Waals surface area (Å²) < 4.78 is 0. The number of nitrogens with zero attached hydrogens (tertiary/aromatic N) is 2. The first-order valence-corrected chi connectivity index (χ1v) is 6.79. The van der Waals surface area contributed by atoms with Crippen LogP contribution in [-0.4, -0.2) is 9.97 Å². The van der Waals surface area contributed by atoms with Crippen LogP contribution in [-0.2, 0) is 25.7 Å². The van der Waals surface area contributed by atoms with Crippen LogP contribution in [0.2, 0.25) is 5.15 Å². The van der Waals surface area contributed by atoms with Crippen molar-refractivity contribution in [2.24, 2.45) is 0 Å². The average Bonchev–Trinajstić information content (AvgIpc) is 2.86. The van der Waals surface area contributed by atoms with E-state index in [0.717, 1.165) is 43.6 Å². The molecule has 0 N–H and O–H groups in total. The van der Waals surface area contributed by atoms with Crippen LogP contribution < -0.4 is 0 Å². The van der Waals surface area contributed by atoms with E-state index in [1.54, 1.807) is 0 Å². The van der Waals surface area contributed by atoms with Crippen molar-refractivity contribution in [2.45, 2.75) is 32.1 Å². The van der Waals surface area contributed by atoms with Gasteiger partial charge in [0, 0.05) is 17.7 Å². The van der Waals surface area contributed by atoms with Crippen LogP contribution in [0.25, 0.3) is 0 Å². The molecular weight excluding hydrogens is 244 g/mol. The minimum atomic E-state index is 0.667. The molecule has 0 aliphatic heterocycles. The van der Waals surface area contributed by atoms with Crippen molar-refractivity contribution < 1.29 is 0 Å². The van der Waals surface area contributed by atoms with Crippen molar-refractivity contribution in [2.75, 3.05) is 0 Å². The van der Waals surface area contributed by atoms with E-state index in [4.69, 9.17) is 11.6 Å². The van der Waals surface area contributed by atoms with Gasteiger partial charge in [-0.2, -0.15) is 0 Å². The third kappa shape index (κ3) is 2.39. The molecular formula is C15H15ClN2. The highest BCUT2D eigenvalue weighted by Gasteiger charge is 2.17. The van der Waals surface area contributed by atoms with Gasteiger partial charge in [0.25, 0.3) is 0 Å². The molecule has 0 atom stereocenters. The van der Waals surface area contributed by atoms with Gasteiger partial charge in [0.15, 0.2) is 0 Å². The van der Waals surface area contributed by atoms with E-state index in [2.05, 4.69) is 34.2 Å². The second-order valence-electron chi connectivity index (χ2n) is 4.70. The molecule has 1 heterocycles. The maximum absolute atomic E-state index is 6.21. The SMILES string of the molecule is Clc1nc(CCc2ccccc2)nc2c1CCC2. The number of fused-ring (bicyclic) bond motifs is 1. The van der Waals surface area contributed by atoms with Gasteiger partial charge in [-0.3, -0.25) is 0 Å². The molecule has 92 valence electrons. The van der Waals surface area contributed by atoms with Crippen molar-refractivity contribution >= 4 is 11.6 Å². The van der Waals surface area contributed by atoms with E-state index in [-0.39, 0.29) is 0 Å². The van der Waals surface area contributed by atoms with Crippen molar-refractivity contribution in [1.82, 2.24) is 9.97 Å². The van der Waals surface area contributed by atoms with Crippen LogP contribution in [0.3, 0.4) is 0 Å². The molecule has 3 heteroatoms. The quantitative estimate of drug-likeness (QED) is 0.789. The zero-order valence-corrected chi connectivity index (χ0v) is 11.0. The predicted octanol–water partition coefficient (Wildman–Crippen LogP) is 3.40. The molecule has 0 saturated heterocycles. The number of aryl methyl sites for hydroxylation is 3. The topological polar surface area (TPSA) is 25.8 Å². The predicted molar refractivity (Wildman–Crippen MR) is 72.9 cm³/mol. The number of halogens is 1. The summed E-state index contributed by atoms with van der Waals surface area (Å²) in [5.41, 5.74) is 3.65. The average molecular weight is 259 g/mol. The van der Waals surface area contributed by atoms with Crippen molar-refractivity contribution in [3.05, 3.63) is 58.1 Å². The molecule has 0 spiro atoms. The lowest BCUT2D eigenvalue weighted by molar-refractivity contribution is 0.833. The Morgan fingerprint density at radius 2 is 1.83 bits per heavy atom. The van der Waals surface area contributed by atoms with Crippen molar-refractivity contribution in [3.63, 3.8) is 0 Å². The Morgan fingerprint density at radius 1 is 1.00 bits per heavy atom. The Kier molecular flexibility index (Phi) is 3.28. The fraction of sp³-hybridized carbons (Fsp3) is 0.333. The van der Waals surface area contributed by atoms with Gasteiger partial charge in [0.2, 0.25) is 0 Å². The van der Waals surface area contributed by atoms with Gasteiger partial charge in [0.1, 0.15) is 11.0 Å². The molecule has 0 radical (unpaired) electrons. The third-order valence-electron chi connectivity index (χ3n) is 3.41. The van der Waals surface area contributed by atoms with Crippen molar-refractivity contribution in [1.29, 1.82) is 0 Å². The lowest BCUT2D eigenvalue weighted by Gasteiger charge is -2.05. The normalized spacial score (nSPS) is 13.6. The lowest BCUT2D eigenvalue weighted by atomic mass is 10.1. The first-order valence-electron chi connectivity index (χ1n) is 6.41. The van der Waals surface area contributed by atoms with Gasteiger partial charge >= 0.3 is 0 Å². The summed E-state index contributed by atoms with van der Waals surface area (Å²) in [5, 5.41) is 0.667. The van der Waals surface area contributed by atoms with Crippen LogP contribution in [0.5, 0.6) is 0 Å². The largest absolute Gasteiger partial charge is 0.238 e. The fourth-order valence-electron chi connectivity index (χ4n) is 2.45. The molecule has 3 rings (SSSR count). The molecule has 1 aromatic heterocycles. The minimum Gasteiger partial charge on any atom is -0.238 e. The number of benzene rings is 1. The standard InChI is InChI=1S/C15H15ClN2/c16-15-12-7-4-8-13(12)17-14(18-15)10-9-11-5-2-1-3-6-11/h1-3,5-6H,4,7-10H2. The highest BCUT2D eigenvalue weighted by atomic mass is 35.5. The van der Waals surface area contributed by atoms with Gasteiger partial charge in [-0.15, -0.1) is 0 Å².